The maximum absolute atomic E-state index is 14.7. The lowest BCUT2D eigenvalue weighted by atomic mass is 10.0. The Morgan fingerprint density at radius 2 is 1.93 bits per heavy atom. The summed E-state index contributed by atoms with van der Waals surface area (Å²) < 4.78 is 28.5. The Morgan fingerprint density at radius 1 is 1.17 bits per heavy atom. The molecule has 1 aliphatic rings. The Bertz CT molecular complexity index is 847. The van der Waals surface area contributed by atoms with E-state index < -0.39 is 5.67 Å². The predicted octanol–water partition coefficient (Wildman–Crippen LogP) is 4.87. The van der Waals surface area contributed by atoms with Crippen molar-refractivity contribution in [2.24, 2.45) is 11.7 Å². The zero-order valence-corrected chi connectivity index (χ0v) is 18.3. The smallest absolute Gasteiger partial charge is 0.131 e. The summed E-state index contributed by atoms with van der Waals surface area (Å²) in [5.74, 6) is -0.191. The number of anilines is 2. The number of rotatable bonds is 11. The molecule has 1 fully saturated rings. The minimum atomic E-state index is -1.05. The fourth-order valence-electron chi connectivity index (χ4n) is 3.93. The summed E-state index contributed by atoms with van der Waals surface area (Å²) in [5.41, 5.74) is 8.91. The van der Waals surface area contributed by atoms with Crippen LogP contribution in [0.3, 0.4) is 0 Å². The summed E-state index contributed by atoms with van der Waals surface area (Å²) in [4.78, 5) is 2.29. The molecule has 0 aromatic heterocycles. The summed E-state index contributed by atoms with van der Waals surface area (Å²) in [6.07, 6.45) is 1.65. The molecule has 1 aliphatic carbocycles. The van der Waals surface area contributed by atoms with Gasteiger partial charge in [-0.3, -0.25) is 4.90 Å². The molecule has 0 radical (unpaired) electrons. The summed E-state index contributed by atoms with van der Waals surface area (Å²) in [5, 5.41) is 6.50. The van der Waals surface area contributed by atoms with Crippen LogP contribution >= 0.6 is 0 Å². The molecule has 0 bridgehead atoms. The number of nitrogens with two attached hydrogens (primary N) is 1. The third kappa shape index (κ3) is 5.49. The van der Waals surface area contributed by atoms with Gasteiger partial charge in [-0.25, -0.2) is 8.78 Å². The molecule has 3 rings (SSSR count). The molecule has 2 aromatic carbocycles. The molecular formula is C24H34F2N4. The van der Waals surface area contributed by atoms with Gasteiger partial charge in [-0.1, -0.05) is 19.1 Å². The van der Waals surface area contributed by atoms with Crippen LogP contribution in [0.15, 0.2) is 36.4 Å². The zero-order valence-electron chi connectivity index (χ0n) is 18.3. The molecule has 4 nitrogen and oxygen atoms in total. The molecule has 0 heterocycles. The van der Waals surface area contributed by atoms with E-state index in [-0.39, 0.29) is 11.7 Å². The average Bonchev–Trinajstić information content (AvgIpc) is 3.34. The molecule has 4 N–H and O–H groups in total. The highest BCUT2D eigenvalue weighted by atomic mass is 19.1. The molecule has 2 unspecified atom stereocenters. The largest absolute Gasteiger partial charge is 0.386 e. The Kier molecular flexibility index (Phi) is 7.32. The van der Waals surface area contributed by atoms with E-state index in [0.29, 0.717) is 25.1 Å². The first-order chi connectivity index (χ1) is 14.4. The second kappa shape index (κ2) is 9.75. The molecule has 2 aromatic rings. The Hall–Kier alpha value is -2.18. The Balaban J connectivity index is 1.78. The van der Waals surface area contributed by atoms with Crippen molar-refractivity contribution in [3.8, 4) is 11.1 Å². The number of nitrogens with one attached hydrogen (secondary N) is 2. The van der Waals surface area contributed by atoms with Gasteiger partial charge in [0.25, 0.3) is 0 Å². The first-order valence-electron chi connectivity index (χ1n) is 10.8. The SMILES string of the molecule is CCCN(CCN)Cc1ccc(F)c(-c2ccc(NCC3CC3(C)F)c(NC)c2)c1. The Labute approximate surface area is 178 Å². The molecule has 0 amide bonds. The minimum absolute atomic E-state index is 0.0515. The van der Waals surface area contributed by atoms with Crippen LogP contribution in [-0.4, -0.2) is 43.8 Å². The van der Waals surface area contributed by atoms with Gasteiger partial charge in [-0.2, -0.15) is 0 Å². The first-order valence-corrected chi connectivity index (χ1v) is 10.8. The standard InChI is InChI=1S/C24H34F2N4/c1-4-10-30(11-9-27)16-17-5-7-21(25)20(12-17)18-6-8-22(23(13-18)28-3)29-15-19-14-24(19,2)26/h5-8,12-13,19,28-29H,4,9-11,14-16,27H2,1-3H3. The van der Waals surface area contributed by atoms with Crippen LogP contribution in [0.25, 0.3) is 11.1 Å². The van der Waals surface area contributed by atoms with E-state index in [9.17, 15) is 8.78 Å². The fraction of sp³-hybridized carbons (Fsp3) is 0.500. The molecule has 1 saturated carbocycles. The number of halogens is 2. The Morgan fingerprint density at radius 3 is 2.57 bits per heavy atom. The number of hydrogen-bond donors (Lipinski definition) is 3. The van der Waals surface area contributed by atoms with E-state index in [1.807, 2.05) is 37.4 Å². The molecule has 0 saturated heterocycles. The van der Waals surface area contributed by atoms with Gasteiger partial charge in [0, 0.05) is 44.7 Å². The highest BCUT2D eigenvalue weighted by Gasteiger charge is 2.50. The van der Waals surface area contributed by atoms with E-state index in [1.165, 1.54) is 6.07 Å². The summed E-state index contributed by atoms with van der Waals surface area (Å²) in [6.45, 7) is 7.53. The van der Waals surface area contributed by atoms with Crippen LogP contribution in [0.2, 0.25) is 0 Å². The maximum Gasteiger partial charge on any atom is 0.131 e. The van der Waals surface area contributed by atoms with E-state index in [0.717, 1.165) is 48.6 Å². The molecule has 0 spiro atoms. The van der Waals surface area contributed by atoms with Gasteiger partial charge in [0.05, 0.1) is 11.4 Å². The zero-order chi connectivity index (χ0) is 21.7. The number of benzene rings is 2. The van der Waals surface area contributed by atoms with Crippen molar-refractivity contribution in [1.29, 1.82) is 0 Å². The molecule has 0 aliphatic heterocycles. The van der Waals surface area contributed by atoms with Crippen LogP contribution in [0.1, 0.15) is 32.3 Å². The number of alkyl halides is 1. The average molecular weight is 417 g/mol. The summed E-state index contributed by atoms with van der Waals surface area (Å²) in [6, 6.07) is 11.1. The van der Waals surface area contributed by atoms with Crippen molar-refractivity contribution in [2.75, 3.05) is 43.9 Å². The summed E-state index contributed by atoms with van der Waals surface area (Å²) in [7, 11) is 1.84. The van der Waals surface area contributed by atoms with Gasteiger partial charge in [0.1, 0.15) is 11.5 Å². The third-order valence-corrected chi connectivity index (χ3v) is 5.90. The molecule has 164 valence electrons. The van der Waals surface area contributed by atoms with Crippen molar-refractivity contribution in [3.63, 3.8) is 0 Å². The van der Waals surface area contributed by atoms with E-state index in [2.05, 4.69) is 22.5 Å². The van der Waals surface area contributed by atoms with Crippen LogP contribution in [0, 0.1) is 11.7 Å². The van der Waals surface area contributed by atoms with Gasteiger partial charge in [0.15, 0.2) is 0 Å². The maximum atomic E-state index is 14.7. The van der Waals surface area contributed by atoms with Crippen molar-refractivity contribution in [2.45, 2.75) is 38.9 Å². The fourth-order valence-corrected chi connectivity index (χ4v) is 3.93. The van der Waals surface area contributed by atoms with Gasteiger partial charge in [0.2, 0.25) is 0 Å². The predicted molar refractivity (Wildman–Crippen MR) is 122 cm³/mol. The summed E-state index contributed by atoms with van der Waals surface area (Å²) >= 11 is 0. The highest BCUT2D eigenvalue weighted by Crippen LogP contribution is 2.46. The second-order valence-corrected chi connectivity index (χ2v) is 8.45. The van der Waals surface area contributed by atoms with Crippen LogP contribution < -0.4 is 16.4 Å². The van der Waals surface area contributed by atoms with Crippen LogP contribution in [0.5, 0.6) is 0 Å². The first kappa shape index (κ1) is 22.5. The third-order valence-electron chi connectivity index (χ3n) is 5.90. The lowest BCUT2D eigenvalue weighted by Gasteiger charge is -2.21. The van der Waals surface area contributed by atoms with Crippen molar-refractivity contribution in [1.82, 2.24) is 4.90 Å². The lowest BCUT2D eigenvalue weighted by Crippen LogP contribution is -2.29. The van der Waals surface area contributed by atoms with E-state index in [4.69, 9.17) is 5.73 Å². The van der Waals surface area contributed by atoms with Crippen molar-refractivity contribution >= 4 is 11.4 Å². The molecule has 2 atom stereocenters. The van der Waals surface area contributed by atoms with Gasteiger partial charge in [-0.15, -0.1) is 0 Å². The second-order valence-electron chi connectivity index (χ2n) is 8.45. The van der Waals surface area contributed by atoms with Crippen LogP contribution in [-0.2, 0) is 6.54 Å². The quantitative estimate of drug-likeness (QED) is 0.489. The number of nitrogens with zero attached hydrogens (tertiary/aromatic N) is 1. The van der Waals surface area contributed by atoms with Gasteiger partial charge in [-0.05, 0) is 61.7 Å². The van der Waals surface area contributed by atoms with Gasteiger partial charge < -0.3 is 16.4 Å². The van der Waals surface area contributed by atoms with Crippen LogP contribution in [0.4, 0.5) is 20.2 Å². The van der Waals surface area contributed by atoms with Crippen molar-refractivity contribution < 1.29 is 8.78 Å². The molecule has 30 heavy (non-hydrogen) atoms. The molecular weight excluding hydrogens is 382 g/mol. The van der Waals surface area contributed by atoms with Gasteiger partial charge >= 0.3 is 0 Å². The molecule has 6 heteroatoms. The lowest BCUT2D eigenvalue weighted by molar-refractivity contribution is 0.273. The van der Waals surface area contributed by atoms with E-state index >= 15 is 0 Å². The highest BCUT2D eigenvalue weighted by molar-refractivity contribution is 5.78. The van der Waals surface area contributed by atoms with E-state index in [1.54, 1.807) is 6.92 Å². The van der Waals surface area contributed by atoms with Crippen molar-refractivity contribution in [3.05, 3.63) is 47.8 Å². The number of hydrogen-bond acceptors (Lipinski definition) is 4. The normalized spacial score (nSPS) is 20.4. The topological polar surface area (TPSA) is 53.3 Å². The minimum Gasteiger partial charge on any atom is -0.386 e. The monoisotopic (exact) mass is 416 g/mol.